The fraction of sp³-hybridized carbons (Fsp3) is 0.278. The van der Waals surface area contributed by atoms with Crippen LogP contribution in [-0.2, 0) is 10.0 Å². The van der Waals surface area contributed by atoms with Crippen LogP contribution in [0.25, 0.3) is 0 Å². The lowest BCUT2D eigenvalue weighted by molar-refractivity contribution is 0.0697. The molecule has 1 saturated heterocycles. The number of carbonyl (C=O) groups is 1. The second-order valence-corrected chi connectivity index (χ2v) is 7.76. The van der Waals surface area contributed by atoms with Crippen molar-refractivity contribution in [1.29, 1.82) is 0 Å². The predicted octanol–water partition coefficient (Wildman–Crippen LogP) is 1.98. The molecule has 0 aliphatic carbocycles. The second kappa shape index (κ2) is 7.43. The van der Waals surface area contributed by atoms with E-state index in [-0.39, 0.29) is 37.0 Å². The highest BCUT2D eigenvalue weighted by molar-refractivity contribution is 7.89. The molecule has 3 rings (SSSR count). The molecule has 8 heteroatoms. The maximum atomic E-state index is 13.8. The fourth-order valence-corrected chi connectivity index (χ4v) is 4.33. The average molecular weight is 378 g/mol. The molecule has 0 unspecified atom stereocenters. The van der Waals surface area contributed by atoms with Crippen LogP contribution in [0.5, 0.6) is 5.75 Å². The molecule has 2 aromatic rings. The van der Waals surface area contributed by atoms with Crippen LogP contribution in [0.1, 0.15) is 10.4 Å². The third-order valence-electron chi connectivity index (χ3n) is 4.32. The lowest BCUT2D eigenvalue weighted by atomic mass is 10.2. The minimum absolute atomic E-state index is 0.124. The predicted molar refractivity (Wildman–Crippen MR) is 94.1 cm³/mol. The lowest BCUT2D eigenvalue weighted by Gasteiger charge is -2.34. The number of halogens is 1. The quantitative estimate of drug-likeness (QED) is 0.816. The Labute approximate surface area is 151 Å². The van der Waals surface area contributed by atoms with Crippen molar-refractivity contribution in [2.75, 3.05) is 33.3 Å². The Morgan fingerprint density at radius 1 is 1.00 bits per heavy atom. The second-order valence-electron chi connectivity index (χ2n) is 5.86. The highest BCUT2D eigenvalue weighted by Gasteiger charge is 2.31. The Morgan fingerprint density at radius 2 is 1.62 bits per heavy atom. The highest BCUT2D eigenvalue weighted by atomic mass is 32.2. The largest absolute Gasteiger partial charge is 0.497 e. The van der Waals surface area contributed by atoms with E-state index in [1.165, 1.54) is 22.5 Å². The number of sulfonamides is 1. The first-order valence-corrected chi connectivity index (χ1v) is 9.55. The van der Waals surface area contributed by atoms with Crippen molar-refractivity contribution in [1.82, 2.24) is 9.21 Å². The third-order valence-corrected chi connectivity index (χ3v) is 6.25. The number of methoxy groups -OCH3 is 1. The van der Waals surface area contributed by atoms with Crippen molar-refractivity contribution in [3.8, 4) is 5.75 Å². The van der Waals surface area contributed by atoms with Crippen molar-refractivity contribution in [3.05, 3.63) is 59.9 Å². The molecule has 1 aliphatic heterocycles. The first-order chi connectivity index (χ1) is 12.4. The van der Waals surface area contributed by atoms with Gasteiger partial charge >= 0.3 is 0 Å². The SMILES string of the molecule is COc1ccc(C(=O)N2CCN(S(=O)(=O)c3ccccc3F)CC2)cc1. The van der Waals surface area contributed by atoms with E-state index in [0.29, 0.717) is 11.3 Å². The number of rotatable bonds is 4. The number of hydrogen-bond acceptors (Lipinski definition) is 4. The molecule has 2 aromatic carbocycles. The van der Waals surface area contributed by atoms with Gasteiger partial charge in [0.1, 0.15) is 16.5 Å². The summed E-state index contributed by atoms with van der Waals surface area (Å²) in [6.45, 7) is 0.744. The van der Waals surface area contributed by atoms with Crippen molar-refractivity contribution in [3.63, 3.8) is 0 Å². The summed E-state index contributed by atoms with van der Waals surface area (Å²) in [6.07, 6.45) is 0. The van der Waals surface area contributed by atoms with Crippen LogP contribution < -0.4 is 4.74 Å². The van der Waals surface area contributed by atoms with Gasteiger partial charge in [-0.25, -0.2) is 12.8 Å². The summed E-state index contributed by atoms with van der Waals surface area (Å²) in [7, 11) is -2.36. The van der Waals surface area contributed by atoms with Gasteiger partial charge in [-0.1, -0.05) is 12.1 Å². The fourth-order valence-electron chi connectivity index (χ4n) is 2.84. The van der Waals surface area contributed by atoms with Gasteiger partial charge in [-0.15, -0.1) is 0 Å². The summed E-state index contributed by atoms with van der Waals surface area (Å²) in [4.78, 5) is 13.8. The minimum Gasteiger partial charge on any atom is -0.497 e. The monoisotopic (exact) mass is 378 g/mol. The molecular weight excluding hydrogens is 359 g/mol. The zero-order chi connectivity index (χ0) is 18.7. The molecular formula is C18H19FN2O4S. The Kier molecular flexibility index (Phi) is 5.24. The summed E-state index contributed by atoms with van der Waals surface area (Å²) in [5.41, 5.74) is 0.510. The smallest absolute Gasteiger partial charge is 0.253 e. The van der Waals surface area contributed by atoms with Crippen LogP contribution >= 0.6 is 0 Å². The molecule has 0 N–H and O–H groups in total. The molecule has 0 aromatic heterocycles. The van der Waals surface area contributed by atoms with Gasteiger partial charge in [0.15, 0.2) is 0 Å². The van der Waals surface area contributed by atoms with Gasteiger partial charge < -0.3 is 9.64 Å². The van der Waals surface area contributed by atoms with Crippen LogP contribution in [0.15, 0.2) is 53.4 Å². The van der Waals surface area contributed by atoms with Crippen LogP contribution in [-0.4, -0.2) is 56.8 Å². The molecule has 1 aliphatic rings. The highest BCUT2D eigenvalue weighted by Crippen LogP contribution is 2.21. The summed E-state index contributed by atoms with van der Waals surface area (Å²) in [5, 5.41) is 0. The van der Waals surface area contributed by atoms with Gasteiger partial charge in [-0.05, 0) is 36.4 Å². The summed E-state index contributed by atoms with van der Waals surface area (Å²) in [5.74, 6) is -0.290. The van der Waals surface area contributed by atoms with E-state index >= 15 is 0 Å². The van der Waals surface area contributed by atoms with Crippen LogP contribution in [0.4, 0.5) is 4.39 Å². The molecule has 1 heterocycles. The summed E-state index contributed by atoms with van der Waals surface area (Å²) in [6, 6.07) is 12.0. The van der Waals surface area contributed by atoms with Crippen molar-refractivity contribution in [2.45, 2.75) is 4.90 Å². The number of carbonyl (C=O) groups excluding carboxylic acids is 1. The molecule has 0 saturated carbocycles. The van der Waals surface area contributed by atoms with E-state index < -0.39 is 15.8 Å². The van der Waals surface area contributed by atoms with Gasteiger partial charge in [-0.2, -0.15) is 4.31 Å². The van der Waals surface area contributed by atoms with Gasteiger partial charge in [0.25, 0.3) is 5.91 Å². The number of amides is 1. The zero-order valence-corrected chi connectivity index (χ0v) is 15.1. The van der Waals surface area contributed by atoms with Gasteiger partial charge in [0.05, 0.1) is 7.11 Å². The van der Waals surface area contributed by atoms with E-state index in [2.05, 4.69) is 0 Å². The lowest BCUT2D eigenvalue weighted by Crippen LogP contribution is -2.50. The maximum Gasteiger partial charge on any atom is 0.253 e. The van der Waals surface area contributed by atoms with Gasteiger partial charge in [0, 0.05) is 31.7 Å². The first-order valence-electron chi connectivity index (χ1n) is 8.11. The summed E-state index contributed by atoms with van der Waals surface area (Å²) >= 11 is 0. The normalized spacial score (nSPS) is 15.7. The molecule has 1 fully saturated rings. The van der Waals surface area contributed by atoms with Crippen LogP contribution in [0.3, 0.4) is 0 Å². The van der Waals surface area contributed by atoms with E-state index in [1.54, 1.807) is 36.3 Å². The Balaban J connectivity index is 1.68. The Hall–Kier alpha value is -2.45. The number of nitrogens with zero attached hydrogens (tertiary/aromatic N) is 2. The van der Waals surface area contributed by atoms with Crippen LogP contribution in [0, 0.1) is 5.82 Å². The van der Waals surface area contributed by atoms with Gasteiger partial charge in [0.2, 0.25) is 10.0 Å². The molecule has 0 bridgehead atoms. The molecule has 0 radical (unpaired) electrons. The van der Waals surface area contributed by atoms with E-state index in [1.807, 2.05) is 0 Å². The van der Waals surface area contributed by atoms with Crippen molar-refractivity contribution in [2.24, 2.45) is 0 Å². The molecule has 138 valence electrons. The van der Waals surface area contributed by atoms with E-state index in [9.17, 15) is 17.6 Å². The molecule has 26 heavy (non-hydrogen) atoms. The Bertz CT molecular complexity index is 892. The summed E-state index contributed by atoms with van der Waals surface area (Å²) < 4.78 is 45.3. The minimum atomic E-state index is -3.91. The Morgan fingerprint density at radius 3 is 2.19 bits per heavy atom. The average Bonchev–Trinajstić information content (AvgIpc) is 2.68. The topological polar surface area (TPSA) is 66.9 Å². The maximum absolute atomic E-state index is 13.8. The number of ether oxygens (including phenoxy) is 1. The molecule has 6 nitrogen and oxygen atoms in total. The molecule has 1 amide bonds. The number of benzene rings is 2. The van der Waals surface area contributed by atoms with Crippen molar-refractivity contribution < 1.29 is 22.3 Å². The first kappa shape index (κ1) is 18.3. The molecule has 0 atom stereocenters. The van der Waals surface area contributed by atoms with Gasteiger partial charge in [-0.3, -0.25) is 4.79 Å². The van der Waals surface area contributed by atoms with Crippen molar-refractivity contribution >= 4 is 15.9 Å². The standard InChI is InChI=1S/C18H19FN2O4S/c1-25-15-8-6-14(7-9-15)18(22)20-10-12-21(13-11-20)26(23,24)17-5-3-2-4-16(17)19/h2-9H,10-13H2,1H3. The molecule has 0 spiro atoms. The zero-order valence-electron chi connectivity index (χ0n) is 14.3. The number of hydrogen-bond donors (Lipinski definition) is 0. The number of piperazine rings is 1. The van der Waals surface area contributed by atoms with E-state index in [0.717, 1.165) is 6.07 Å². The third kappa shape index (κ3) is 3.56. The van der Waals surface area contributed by atoms with Crippen LogP contribution in [0.2, 0.25) is 0 Å². The van der Waals surface area contributed by atoms with E-state index in [4.69, 9.17) is 4.74 Å².